The molecule has 3 heteroatoms. The van der Waals surface area contributed by atoms with E-state index in [-0.39, 0.29) is 5.78 Å². The van der Waals surface area contributed by atoms with Gasteiger partial charge >= 0.3 is 0 Å². The second-order valence-electron chi connectivity index (χ2n) is 4.45. The van der Waals surface area contributed by atoms with Crippen molar-refractivity contribution in [2.24, 2.45) is 5.92 Å². The van der Waals surface area contributed by atoms with Crippen molar-refractivity contribution in [3.05, 3.63) is 29.3 Å². The van der Waals surface area contributed by atoms with Gasteiger partial charge in [-0.3, -0.25) is 4.79 Å². The van der Waals surface area contributed by atoms with Crippen molar-refractivity contribution < 1.29 is 4.79 Å². The van der Waals surface area contributed by atoms with Gasteiger partial charge in [0.05, 0.1) is 11.6 Å². The quantitative estimate of drug-likeness (QED) is 0.598. The molecular weight excluding hydrogens is 230 g/mol. The summed E-state index contributed by atoms with van der Waals surface area (Å²) in [4.78, 5) is 12.4. The van der Waals surface area contributed by atoms with E-state index in [1.165, 1.54) is 0 Å². The minimum absolute atomic E-state index is 0.0490. The van der Waals surface area contributed by atoms with E-state index in [1.807, 2.05) is 0 Å². The SMILES string of the molecule is CC(=O)c1ccc(C#N)cc1SC(C)C(C)C. The Labute approximate surface area is 107 Å². The molecule has 0 aliphatic carbocycles. The molecule has 0 aliphatic heterocycles. The highest BCUT2D eigenvalue weighted by molar-refractivity contribution is 8.00. The number of hydrogen-bond donors (Lipinski definition) is 0. The third-order valence-electron chi connectivity index (χ3n) is 2.74. The lowest BCUT2D eigenvalue weighted by atomic mass is 10.1. The van der Waals surface area contributed by atoms with Gasteiger partial charge in [-0.15, -0.1) is 11.8 Å². The van der Waals surface area contributed by atoms with Crippen molar-refractivity contribution in [1.82, 2.24) is 0 Å². The highest BCUT2D eigenvalue weighted by Gasteiger charge is 2.14. The van der Waals surface area contributed by atoms with E-state index in [0.29, 0.717) is 22.3 Å². The first-order valence-electron chi connectivity index (χ1n) is 5.67. The van der Waals surface area contributed by atoms with Gasteiger partial charge in [0.1, 0.15) is 0 Å². The van der Waals surface area contributed by atoms with Crippen LogP contribution >= 0.6 is 11.8 Å². The van der Waals surface area contributed by atoms with Crippen LogP contribution in [0.2, 0.25) is 0 Å². The first-order valence-corrected chi connectivity index (χ1v) is 6.55. The van der Waals surface area contributed by atoms with Gasteiger partial charge < -0.3 is 0 Å². The van der Waals surface area contributed by atoms with Gasteiger partial charge in [0.15, 0.2) is 5.78 Å². The maximum atomic E-state index is 11.5. The highest BCUT2D eigenvalue weighted by Crippen LogP contribution is 2.31. The number of thioether (sulfide) groups is 1. The molecule has 0 aliphatic rings. The number of ketones is 1. The second kappa shape index (κ2) is 5.88. The molecule has 0 saturated carbocycles. The van der Waals surface area contributed by atoms with Gasteiger partial charge in [-0.05, 0) is 31.0 Å². The van der Waals surface area contributed by atoms with Gasteiger partial charge in [-0.1, -0.05) is 20.8 Å². The van der Waals surface area contributed by atoms with Gasteiger partial charge in [0, 0.05) is 15.7 Å². The Morgan fingerprint density at radius 2 is 2.00 bits per heavy atom. The van der Waals surface area contributed by atoms with Crippen molar-refractivity contribution in [1.29, 1.82) is 5.26 Å². The summed E-state index contributed by atoms with van der Waals surface area (Å²) in [6.45, 7) is 8.00. The largest absolute Gasteiger partial charge is 0.294 e. The molecule has 1 unspecified atom stereocenters. The van der Waals surface area contributed by atoms with E-state index in [2.05, 4.69) is 26.8 Å². The fourth-order valence-electron chi connectivity index (χ4n) is 1.32. The number of rotatable bonds is 4. The van der Waals surface area contributed by atoms with Crippen LogP contribution < -0.4 is 0 Å². The normalized spacial score (nSPS) is 12.2. The van der Waals surface area contributed by atoms with Crippen LogP contribution in [0.4, 0.5) is 0 Å². The van der Waals surface area contributed by atoms with Crippen LogP contribution in [0.3, 0.4) is 0 Å². The van der Waals surface area contributed by atoms with E-state index >= 15 is 0 Å². The molecule has 2 nitrogen and oxygen atoms in total. The summed E-state index contributed by atoms with van der Waals surface area (Å²) in [5, 5.41) is 9.31. The molecule has 17 heavy (non-hydrogen) atoms. The maximum Gasteiger partial charge on any atom is 0.160 e. The lowest BCUT2D eigenvalue weighted by molar-refractivity contribution is 0.101. The standard InChI is InChI=1S/C14H17NOS/c1-9(2)11(4)17-14-7-12(8-15)5-6-13(14)10(3)16/h5-7,9,11H,1-4H3. The van der Waals surface area contributed by atoms with Crippen molar-refractivity contribution >= 4 is 17.5 Å². The molecule has 0 spiro atoms. The van der Waals surface area contributed by atoms with Crippen LogP contribution in [-0.2, 0) is 0 Å². The summed E-state index contributed by atoms with van der Waals surface area (Å²) in [6.07, 6.45) is 0. The van der Waals surface area contributed by atoms with Crippen LogP contribution in [-0.4, -0.2) is 11.0 Å². The fraction of sp³-hybridized carbons (Fsp3) is 0.429. The predicted molar refractivity (Wildman–Crippen MR) is 71.3 cm³/mol. The zero-order valence-electron chi connectivity index (χ0n) is 10.7. The van der Waals surface area contributed by atoms with Gasteiger partial charge in [-0.25, -0.2) is 0 Å². The Balaban J connectivity index is 3.10. The number of Topliss-reactive ketones (excluding diaryl/α,β-unsaturated/α-hetero) is 1. The minimum Gasteiger partial charge on any atom is -0.294 e. The zero-order valence-corrected chi connectivity index (χ0v) is 11.5. The molecule has 0 saturated heterocycles. The van der Waals surface area contributed by atoms with Gasteiger partial charge in [0.25, 0.3) is 0 Å². The predicted octanol–water partition coefficient (Wildman–Crippen LogP) is 3.90. The molecule has 1 aromatic carbocycles. The average molecular weight is 247 g/mol. The van der Waals surface area contributed by atoms with E-state index in [4.69, 9.17) is 5.26 Å². The smallest absolute Gasteiger partial charge is 0.160 e. The lowest BCUT2D eigenvalue weighted by Crippen LogP contribution is -2.07. The Hall–Kier alpha value is -1.27. The number of nitriles is 1. The first-order chi connectivity index (χ1) is 7.95. The van der Waals surface area contributed by atoms with Gasteiger partial charge in [0.2, 0.25) is 0 Å². The molecule has 90 valence electrons. The Morgan fingerprint density at radius 1 is 1.35 bits per heavy atom. The van der Waals surface area contributed by atoms with Crippen molar-refractivity contribution in [2.75, 3.05) is 0 Å². The van der Waals surface area contributed by atoms with Crippen molar-refractivity contribution in [2.45, 2.75) is 37.8 Å². The molecule has 0 N–H and O–H groups in total. The lowest BCUT2D eigenvalue weighted by Gasteiger charge is -2.16. The number of benzene rings is 1. The molecule has 1 atom stereocenters. The molecule has 0 radical (unpaired) electrons. The van der Waals surface area contributed by atoms with Crippen LogP contribution in [0, 0.1) is 17.2 Å². The number of carbonyl (C=O) groups excluding carboxylic acids is 1. The average Bonchev–Trinajstić information content (AvgIpc) is 2.28. The van der Waals surface area contributed by atoms with E-state index in [0.717, 1.165) is 4.90 Å². The number of nitrogens with zero attached hydrogens (tertiary/aromatic N) is 1. The zero-order chi connectivity index (χ0) is 13.0. The molecule has 0 heterocycles. The van der Waals surface area contributed by atoms with Crippen LogP contribution in [0.25, 0.3) is 0 Å². The summed E-state index contributed by atoms with van der Waals surface area (Å²) in [5.74, 6) is 0.582. The molecule has 1 rings (SSSR count). The Morgan fingerprint density at radius 3 is 2.47 bits per heavy atom. The first kappa shape index (κ1) is 13.8. The summed E-state index contributed by atoms with van der Waals surface area (Å²) in [5.41, 5.74) is 1.31. The molecular formula is C14H17NOS. The van der Waals surface area contributed by atoms with Crippen LogP contribution in [0.15, 0.2) is 23.1 Å². The van der Waals surface area contributed by atoms with E-state index in [1.54, 1.807) is 36.9 Å². The van der Waals surface area contributed by atoms with Crippen molar-refractivity contribution in [3.8, 4) is 6.07 Å². The number of hydrogen-bond acceptors (Lipinski definition) is 3. The molecule has 0 aromatic heterocycles. The maximum absolute atomic E-state index is 11.5. The Bertz CT molecular complexity index is 460. The summed E-state index contributed by atoms with van der Waals surface area (Å²) >= 11 is 1.66. The Kier molecular flexibility index (Phi) is 4.77. The topological polar surface area (TPSA) is 40.9 Å². The molecule has 0 fully saturated rings. The summed E-state index contributed by atoms with van der Waals surface area (Å²) in [7, 11) is 0. The van der Waals surface area contributed by atoms with Crippen molar-refractivity contribution in [3.63, 3.8) is 0 Å². The minimum atomic E-state index is 0.0490. The summed E-state index contributed by atoms with van der Waals surface area (Å²) < 4.78 is 0. The van der Waals surface area contributed by atoms with Gasteiger partial charge in [-0.2, -0.15) is 5.26 Å². The number of carbonyl (C=O) groups is 1. The molecule has 0 amide bonds. The second-order valence-corrected chi connectivity index (χ2v) is 5.87. The fourth-order valence-corrected chi connectivity index (χ4v) is 2.52. The van der Waals surface area contributed by atoms with E-state index < -0.39 is 0 Å². The monoisotopic (exact) mass is 247 g/mol. The molecule has 0 bridgehead atoms. The summed E-state index contributed by atoms with van der Waals surface area (Å²) in [6, 6.07) is 7.36. The molecule has 1 aromatic rings. The van der Waals surface area contributed by atoms with Crippen LogP contribution in [0.1, 0.15) is 43.6 Å². The highest BCUT2D eigenvalue weighted by atomic mass is 32.2. The third kappa shape index (κ3) is 3.61. The van der Waals surface area contributed by atoms with E-state index in [9.17, 15) is 4.79 Å². The van der Waals surface area contributed by atoms with Crippen LogP contribution in [0.5, 0.6) is 0 Å². The third-order valence-corrected chi connectivity index (χ3v) is 4.25.